The molecule has 19 heavy (non-hydrogen) atoms. The van der Waals surface area contributed by atoms with Crippen LogP contribution in [0.25, 0.3) is 0 Å². The Bertz CT molecular complexity index is 571. The van der Waals surface area contributed by atoms with Gasteiger partial charge in [0, 0.05) is 23.2 Å². The van der Waals surface area contributed by atoms with E-state index in [9.17, 15) is 8.42 Å². The average Bonchev–Trinajstić information content (AvgIpc) is 2.34. The number of hydrogen-bond acceptors (Lipinski definition) is 5. The van der Waals surface area contributed by atoms with E-state index in [0.717, 1.165) is 0 Å². The van der Waals surface area contributed by atoms with Crippen molar-refractivity contribution in [3.8, 4) is 0 Å². The molecule has 0 aliphatic carbocycles. The molecule has 1 heterocycles. The highest BCUT2D eigenvalue weighted by atomic mass is 79.9. The van der Waals surface area contributed by atoms with E-state index in [4.69, 9.17) is 10.5 Å². The van der Waals surface area contributed by atoms with Gasteiger partial charge in [-0.25, -0.2) is 13.4 Å². The van der Waals surface area contributed by atoms with Gasteiger partial charge in [-0.05, 0) is 24.6 Å². The minimum Gasteiger partial charge on any atom is -0.398 e. The van der Waals surface area contributed by atoms with Crippen LogP contribution in [0.5, 0.6) is 0 Å². The number of anilines is 1. The van der Waals surface area contributed by atoms with Gasteiger partial charge in [0.25, 0.3) is 10.0 Å². The van der Waals surface area contributed by atoms with E-state index >= 15 is 0 Å². The van der Waals surface area contributed by atoms with Crippen molar-refractivity contribution in [2.24, 2.45) is 0 Å². The molecule has 0 amide bonds. The number of ether oxygens (including phenoxy) is 1. The zero-order valence-corrected chi connectivity index (χ0v) is 12.9. The van der Waals surface area contributed by atoms with Crippen molar-refractivity contribution in [2.45, 2.75) is 11.8 Å². The standard InChI is InChI=1S/C11H16BrN3O3S/c1-8-10(13)6-9(12)7-11(8)19(16,17)14-15-2-4-18-5-3-15/h6-7,14H,2-5,13H2,1H3. The van der Waals surface area contributed by atoms with Gasteiger partial charge in [-0.2, -0.15) is 0 Å². The van der Waals surface area contributed by atoms with Crippen LogP contribution in [0.2, 0.25) is 0 Å². The molecule has 6 nitrogen and oxygen atoms in total. The molecule has 0 aromatic heterocycles. The highest BCUT2D eigenvalue weighted by Gasteiger charge is 2.23. The first-order chi connectivity index (χ1) is 8.90. The monoisotopic (exact) mass is 349 g/mol. The Morgan fingerprint density at radius 3 is 2.63 bits per heavy atom. The molecule has 8 heteroatoms. The number of nitrogens with two attached hydrogens (primary N) is 1. The molecule has 0 spiro atoms. The molecular formula is C11H16BrN3O3S. The molecule has 2 rings (SSSR count). The van der Waals surface area contributed by atoms with Crippen LogP contribution in [0.1, 0.15) is 5.56 Å². The lowest BCUT2D eigenvalue weighted by atomic mass is 10.2. The van der Waals surface area contributed by atoms with Gasteiger partial charge >= 0.3 is 0 Å². The summed E-state index contributed by atoms with van der Waals surface area (Å²) in [6, 6.07) is 3.23. The normalized spacial score (nSPS) is 17.6. The maximum atomic E-state index is 12.4. The van der Waals surface area contributed by atoms with Gasteiger partial charge in [0.2, 0.25) is 0 Å². The van der Waals surface area contributed by atoms with E-state index in [2.05, 4.69) is 20.8 Å². The van der Waals surface area contributed by atoms with Crippen LogP contribution in [0, 0.1) is 6.92 Å². The number of benzene rings is 1. The first-order valence-electron chi connectivity index (χ1n) is 5.81. The Morgan fingerprint density at radius 1 is 1.37 bits per heavy atom. The summed E-state index contributed by atoms with van der Waals surface area (Å²) in [5.74, 6) is 0. The van der Waals surface area contributed by atoms with Gasteiger partial charge in [0.1, 0.15) is 0 Å². The Kier molecular flexibility index (Phi) is 4.46. The number of halogens is 1. The van der Waals surface area contributed by atoms with E-state index < -0.39 is 10.0 Å². The lowest BCUT2D eigenvalue weighted by Gasteiger charge is -2.27. The predicted molar refractivity (Wildman–Crippen MR) is 76.0 cm³/mol. The Balaban J connectivity index is 2.28. The zero-order valence-electron chi connectivity index (χ0n) is 10.5. The Morgan fingerprint density at radius 2 is 2.00 bits per heavy atom. The number of rotatable bonds is 3. The molecule has 0 saturated carbocycles. The Hall–Kier alpha value is -0.670. The van der Waals surface area contributed by atoms with E-state index in [0.29, 0.717) is 42.0 Å². The molecular weight excluding hydrogens is 334 g/mol. The summed E-state index contributed by atoms with van der Waals surface area (Å²) in [4.78, 5) is 2.74. The molecule has 1 aliphatic heterocycles. The molecule has 0 radical (unpaired) electrons. The van der Waals surface area contributed by atoms with Gasteiger partial charge in [-0.1, -0.05) is 15.9 Å². The summed E-state index contributed by atoms with van der Waals surface area (Å²) in [5.41, 5.74) is 6.78. The van der Waals surface area contributed by atoms with Crippen molar-refractivity contribution in [1.29, 1.82) is 0 Å². The third-order valence-corrected chi connectivity index (χ3v) is 4.87. The molecule has 1 aromatic rings. The summed E-state index contributed by atoms with van der Waals surface area (Å²) in [6.07, 6.45) is 0. The summed E-state index contributed by atoms with van der Waals surface area (Å²) in [5, 5.41) is 1.63. The molecule has 0 bridgehead atoms. The molecule has 3 N–H and O–H groups in total. The van der Waals surface area contributed by atoms with Gasteiger partial charge in [-0.15, -0.1) is 4.83 Å². The van der Waals surface area contributed by atoms with Crippen LogP contribution in [0.15, 0.2) is 21.5 Å². The van der Waals surface area contributed by atoms with Crippen LogP contribution >= 0.6 is 15.9 Å². The number of nitrogens with one attached hydrogen (secondary N) is 1. The minimum atomic E-state index is -3.63. The fourth-order valence-electron chi connectivity index (χ4n) is 1.83. The van der Waals surface area contributed by atoms with Crippen molar-refractivity contribution in [2.75, 3.05) is 32.0 Å². The second-order valence-corrected chi connectivity index (χ2v) is 6.86. The number of morpholine rings is 1. The zero-order chi connectivity index (χ0) is 14.0. The van der Waals surface area contributed by atoms with E-state index in [1.54, 1.807) is 24.1 Å². The molecule has 1 saturated heterocycles. The summed E-state index contributed by atoms with van der Waals surface area (Å²) in [7, 11) is -3.63. The first kappa shape index (κ1) is 14.7. The number of hydrogen-bond donors (Lipinski definition) is 2. The molecule has 106 valence electrons. The summed E-state index contributed by atoms with van der Waals surface area (Å²) in [6.45, 7) is 3.78. The van der Waals surface area contributed by atoms with Gasteiger partial charge in [-0.3, -0.25) is 0 Å². The fraction of sp³-hybridized carbons (Fsp3) is 0.455. The quantitative estimate of drug-likeness (QED) is 0.790. The van der Waals surface area contributed by atoms with Gasteiger partial charge in [0.15, 0.2) is 0 Å². The summed E-state index contributed by atoms with van der Waals surface area (Å²) >= 11 is 3.26. The van der Waals surface area contributed by atoms with Crippen LogP contribution < -0.4 is 10.6 Å². The smallest absolute Gasteiger partial charge is 0.253 e. The van der Waals surface area contributed by atoms with E-state index in [1.165, 1.54) is 0 Å². The number of hydrazine groups is 1. The highest BCUT2D eigenvalue weighted by Crippen LogP contribution is 2.26. The topological polar surface area (TPSA) is 84.7 Å². The van der Waals surface area contributed by atoms with Crippen molar-refractivity contribution in [3.63, 3.8) is 0 Å². The SMILES string of the molecule is Cc1c(N)cc(Br)cc1S(=O)(=O)NN1CCOCC1. The third kappa shape index (κ3) is 3.46. The molecule has 1 aromatic carbocycles. The molecule has 1 aliphatic rings. The lowest BCUT2D eigenvalue weighted by Crippen LogP contribution is -2.48. The molecule has 1 fully saturated rings. The Labute approximate surface area is 121 Å². The third-order valence-electron chi connectivity index (χ3n) is 2.91. The highest BCUT2D eigenvalue weighted by molar-refractivity contribution is 9.10. The predicted octanol–water partition coefficient (Wildman–Crippen LogP) is 0.865. The van der Waals surface area contributed by atoms with Crippen LogP contribution in [-0.4, -0.2) is 39.7 Å². The maximum Gasteiger partial charge on any atom is 0.253 e. The van der Waals surface area contributed by atoms with Crippen molar-refractivity contribution in [1.82, 2.24) is 9.84 Å². The minimum absolute atomic E-state index is 0.186. The maximum absolute atomic E-state index is 12.4. The number of sulfonamides is 1. The van der Waals surface area contributed by atoms with Crippen LogP contribution in [-0.2, 0) is 14.8 Å². The van der Waals surface area contributed by atoms with Crippen LogP contribution in [0.4, 0.5) is 5.69 Å². The van der Waals surface area contributed by atoms with Gasteiger partial charge < -0.3 is 10.5 Å². The molecule has 0 atom stereocenters. The second-order valence-electron chi connectivity index (χ2n) is 4.31. The van der Waals surface area contributed by atoms with Gasteiger partial charge in [0.05, 0.1) is 18.1 Å². The van der Waals surface area contributed by atoms with Crippen molar-refractivity contribution < 1.29 is 13.2 Å². The average molecular weight is 350 g/mol. The van der Waals surface area contributed by atoms with Crippen molar-refractivity contribution >= 4 is 31.6 Å². The number of nitrogens with zero attached hydrogens (tertiary/aromatic N) is 1. The van der Waals surface area contributed by atoms with E-state index in [-0.39, 0.29) is 4.90 Å². The van der Waals surface area contributed by atoms with E-state index in [1.807, 2.05) is 0 Å². The largest absolute Gasteiger partial charge is 0.398 e. The van der Waals surface area contributed by atoms with Crippen LogP contribution in [0.3, 0.4) is 0 Å². The second kappa shape index (κ2) is 5.76. The lowest BCUT2D eigenvalue weighted by molar-refractivity contribution is 0.0272. The first-order valence-corrected chi connectivity index (χ1v) is 8.08. The number of nitrogen functional groups attached to an aromatic ring is 1. The summed E-state index contributed by atoms with van der Waals surface area (Å²) < 4.78 is 30.5. The van der Waals surface area contributed by atoms with Crippen molar-refractivity contribution in [3.05, 3.63) is 22.2 Å². The molecule has 0 unspecified atom stereocenters. The fourth-order valence-corrected chi connectivity index (χ4v) is 3.88.